The van der Waals surface area contributed by atoms with Crippen LogP contribution in [0, 0.1) is 10.1 Å². The molecule has 0 amide bonds. The van der Waals surface area contributed by atoms with E-state index in [4.69, 9.17) is 21.1 Å². The van der Waals surface area contributed by atoms with Gasteiger partial charge in [0.25, 0.3) is 5.69 Å². The molecule has 0 radical (unpaired) electrons. The molecule has 0 N–H and O–H groups in total. The van der Waals surface area contributed by atoms with E-state index in [1.807, 2.05) is 12.1 Å². The summed E-state index contributed by atoms with van der Waals surface area (Å²) >= 11 is 5.94. The van der Waals surface area contributed by atoms with Crippen molar-refractivity contribution in [1.29, 1.82) is 0 Å². The number of hydrogen-bond donors (Lipinski definition) is 0. The van der Waals surface area contributed by atoms with Gasteiger partial charge in [0.1, 0.15) is 24.7 Å². The molecule has 0 saturated carbocycles. The lowest BCUT2D eigenvalue weighted by Gasteiger charge is -2.09. The van der Waals surface area contributed by atoms with Gasteiger partial charge in [-0.3, -0.25) is 10.1 Å². The molecule has 0 aliphatic heterocycles. The first kappa shape index (κ1) is 14.1. The highest BCUT2D eigenvalue weighted by Gasteiger charge is 2.04. The summed E-state index contributed by atoms with van der Waals surface area (Å²) in [6, 6.07) is 13.1. The van der Waals surface area contributed by atoms with Crippen molar-refractivity contribution in [3.8, 4) is 11.5 Å². The number of non-ortho nitro benzene ring substituents is 1. The van der Waals surface area contributed by atoms with Crippen LogP contribution in [-0.4, -0.2) is 18.1 Å². The summed E-state index contributed by atoms with van der Waals surface area (Å²) in [6.45, 7) is 0.657. The summed E-state index contributed by atoms with van der Waals surface area (Å²) in [4.78, 5) is 10.0. The standard InChI is InChI=1S/C14H12ClNO4/c15-13-3-1-2-4-14(13)20-10-9-19-12-7-5-11(6-8-12)16(17)18/h1-8H,9-10H2. The van der Waals surface area contributed by atoms with Crippen molar-refractivity contribution in [1.82, 2.24) is 0 Å². The monoisotopic (exact) mass is 293 g/mol. The highest BCUT2D eigenvalue weighted by molar-refractivity contribution is 6.32. The highest BCUT2D eigenvalue weighted by Crippen LogP contribution is 2.23. The topological polar surface area (TPSA) is 61.6 Å². The Bertz CT molecular complexity index is 586. The molecule has 0 fully saturated rings. The zero-order valence-electron chi connectivity index (χ0n) is 10.5. The number of hydrogen-bond acceptors (Lipinski definition) is 4. The van der Waals surface area contributed by atoms with Crippen LogP contribution < -0.4 is 9.47 Å². The summed E-state index contributed by atoms with van der Waals surface area (Å²) < 4.78 is 10.9. The maximum absolute atomic E-state index is 10.5. The van der Waals surface area contributed by atoms with Crippen molar-refractivity contribution in [3.05, 3.63) is 63.7 Å². The Morgan fingerprint density at radius 2 is 1.65 bits per heavy atom. The van der Waals surface area contributed by atoms with Gasteiger partial charge in [-0.15, -0.1) is 0 Å². The fourth-order valence-corrected chi connectivity index (χ4v) is 1.73. The van der Waals surface area contributed by atoms with E-state index in [-0.39, 0.29) is 5.69 Å². The summed E-state index contributed by atoms with van der Waals surface area (Å²) in [5.41, 5.74) is 0.0321. The van der Waals surface area contributed by atoms with E-state index < -0.39 is 4.92 Å². The first-order valence-corrected chi connectivity index (χ1v) is 6.29. The smallest absolute Gasteiger partial charge is 0.269 e. The Balaban J connectivity index is 1.79. The number of nitro groups is 1. The minimum absolute atomic E-state index is 0.0321. The second-order valence-corrected chi connectivity index (χ2v) is 4.29. The molecular formula is C14H12ClNO4. The molecule has 0 saturated heterocycles. The van der Waals surface area contributed by atoms with Crippen molar-refractivity contribution < 1.29 is 14.4 Å². The largest absolute Gasteiger partial charge is 0.490 e. The molecule has 5 nitrogen and oxygen atoms in total. The van der Waals surface area contributed by atoms with Crippen LogP contribution >= 0.6 is 11.6 Å². The maximum Gasteiger partial charge on any atom is 0.269 e. The van der Waals surface area contributed by atoms with Gasteiger partial charge in [0.15, 0.2) is 0 Å². The number of nitrogens with zero attached hydrogens (tertiary/aromatic N) is 1. The summed E-state index contributed by atoms with van der Waals surface area (Å²) in [5.74, 6) is 1.15. The molecule has 0 aliphatic rings. The molecule has 0 bridgehead atoms. The molecule has 0 aliphatic carbocycles. The Hall–Kier alpha value is -2.27. The van der Waals surface area contributed by atoms with E-state index in [0.717, 1.165) is 0 Å². The number of para-hydroxylation sites is 1. The fraction of sp³-hybridized carbons (Fsp3) is 0.143. The van der Waals surface area contributed by atoms with Crippen LogP contribution in [0.15, 0.2) is 48.5 Å². The molecule has 104 valence electrons. The van der Waals surface area contributed by atoms with Gasteiger partial charge in [-0.25, -0.2) is 0 Å². The zero-order chi connectivity index (χ0) is 14.4. The van der Waals surface area contributed by atoms with Crippen LogP contribution in [0.4, 0.5) is 5.69 Å². The van der Waals surface area contributed by atoms with Crippen molar-refractivity contribution in [2.75, 3.05) is 13.2 Å². The molecular weight excluding hydrogens is 282 g/mol. The van der Waals surface area contributed by atoms with E-state index >= 15 is 0 Å². The Labute approximate surface area is 120 Å². The molecule has 0 heterocycles. The van der Waals surface area contributed by atoms with Gasteiger partial charge in [0.05, 0.1) is 9.95 Å². The SMILES string of the molecule is O=[N+]([O-])c1ccc(OCCOc2ccccc2Cl)cc1. The predicted octanol–water partition coefficient (Wildman–Crippen LogP) is 3.71. The minimum atomic E-state index is -0.454. The first-order chi connectivity index (χ1) is 9.66. The van der Waals surface area contributed by atoms with Gasteiger partial charge in [0.2, 0.25) is 0 Å². The van der Waals surface area contributed by atoms with Crippen molar-refractivity contribution >= 4 is 17.3 Å². The van der Waals surface area contributed by atoms with Gasteiger partial charge in [-0.2, -0.15) is 0 Å². The lowest BCUT2D eigenvalue weighted by molar-refractivity contribution is -0.384. The molecule has 6 heteroatoms. The second kappa shape index (κ2) is 6.77. The quantitative estimate of drug-likeness (QED) is 0.463. The van der Waals surface area contributed by atoms with Crippen molar-refractivity contribution in [2.24, 2.45) is 0 Å². The Morgan fingerprint density at radius 1 is 1.00 bits per heavy atom. The number of halogens is 1. The lowest BCUT2D eigenvalue weighted by Crippen LogP contribution is -2.09. The summed E-state index contributed by atoms with van der Waals surface area (Å²) in [6.07, 6.45) is 0. The molecule has 2 aromatic rings. The molecule has 2 aromatic carbocycles. The Kier molecular flexibility index (Phi) is 4.79. The van der Waals surface area contributed by atoms with Crippen LogP contribution in [0.3, 0.4) is 0 Å². The molecule has 2 rings (SSSR count). The molecule has 20 heavy (non-hydrogen) atoms. The molecule has 0 aromatic heterocycles. The molecule has 0 unspecified atom stereocenters. The number of nitro benzene ring substituents is 1. The van der Waals surface area contributed by atoms with Crippen LogP contribution in [-0.2, 0) is 0 Å². The van der Waals surface area contributed by atoms with Gasteiger partial charge in [0, 0.05) is 12.1 Å². The summed E-state index contributed by atoms with van der Waals surface area (Å²) in [7, 11) is 0. The first-order valence-electron chi connectivity index (χ1n) is 5.91. The van der Waals surface area contributed by atoms with Crippen LogP contribution in [0.1, 0.15) is 0 Å². The van der Waals surface area contributed by atoms with Gasteiger partial charge >= 0.3 is 0 Å². The van der Waals surface area contributed by atoms with Crippen molar-refractivity contribution in [2.45, 2.75) is 0 Å². The average molecular weight is 294 g/mol. The second-order valence-electron chi connectivity index (χ2n) is 3.88. The van der Waals surface area contributed by atoms with Crippen LogP contribution in [0.25, 0.3) is 0 Å². The van der Waals surface area contributed by atoms with Gasteiger partial charge in [-0.05, 0) is 24.3 Å². The van der Waals surface area contributed by atoms with Crippen molar-refractivity contribution in [3.63, 3.8) is 0 Å². The Morgan fingerprint density at radius 3 is 2.30 bits per heavy atom. The van der Waals surface area contributed by atoms with Gasteiger partial charge in [-0.1, -0.05) is 23.7 Å². The van der Waals surface area contributed by atoms with E-state index in [9.17, 15) is 10.1 Å². The average Bonchev–Trinajstić information content (AvgIpc) is 2.46. The minimum Gasteiger partial charge on any atom is -0.490 e. The number of benzene rings is 2. The van der Waals surface area contributed by atoms with Crippen LogP contribution in [0.5, 0.6) is 11.5 Å². The highest BCUT2D eigenvalue weighted by atomic mass is 35.5. The van der Waals surface area contributed by atoms with E-state index in [0.29, 0.717) is 29.7 Å². The third-order valence-electron chi connectivity index (χ3n) is 2.49. The lowest BCUT2D eigenvalue weighted by atomic mass is 10.3. The predicted molar refractivity (Wildman–Crippen MR) is 75.5 cm³/mol. The van der Waals surface area contributed by atoms with E-state index in [1.165, 1.54) is 12.1 Å². The maximum atomic E-state index is 10.5. The molecule has 0 atom stereocenters. The zero-order valence-corrected chi connectivity index (χ0v) is 11.2. The fourth-order valence-electron chi connectivity index (χ4n) is 1.54. The summed E-state index contributed by atoms with van der Waals surface area (Å²) in [5, 5.41) is 11.0. The number of rotatable bonds is 6. The van der Waals surface area contributed by atoms with Crippen LogP contribution in [0.2, 0.25) is 5.02 Å². The van der Waals surface area contributed by atoms with E-state index in [2.05, 4.69) is 0 Å². The third kappa shape index (κ3) is 3.86. The normalized spacial score (nSPS) is 10.1. The molecule has 0 spiro atoms. The van der Waals surface area contributed by atoms with Gasteiger partial charge < -0.3 is 9.47 Å². The third-order valence-corrected chi connectivity index (χ3v) is 2.81. The number of ether oxygens (including phenoxy) is 2. The van der Waals surface area contributed by atoms with E-state index in [1.54, 1.807) is 24.3 Å².